The Labute approximate surface area is 148 Å². The van der Waals surface area contributed by atoms with E-state index in [-0.39, 0.29) is 16.4 Å². The van der Waals surface area contributed by atoms with Gasteiger partial charge < -0.3 is 9.67 Å². The Hall–Kier alpha value is -2.74. The van der Waals surface area contributed by atoms with Crippen molar-refractivity contribution in [1.82, 2.24) is 14.8 Å². The van der Waals surface area contributed by atoms with E-state index in [2.05, 4.69) is 15.5 Å². The predicted octanol–water partition coefficient (Wildman–Crippen LogP) is 2.92. The first-order chi connectivity index (χ1) is 12.0. The fraction of sp³-hybridized carbons (Fsp3) is 0.294. The molecule has 0 saturated carbocycles. The van der Waals surface area contributed by atoms with E-state index in [1.165, 1.54) is 11.3 Å². The molecule has 8 heteroatoms. The van der Waals surface area contributed by atoms with Crippen molar-refractivity contribution in [3.63, 3.8) is 0 Å². The number of unbranched alkanes of at least 4 members (excludes halogenated alkanes) is 1. The largest absolute Gasteiger partial charge is 0.506 e. The lowest BCUT2D eigenvalue weighted by molar-refractivity contribution is 0.102. The lowest BCUT2D eigenvalue weighted by atomic mass is 10.1. The van der Waals surface area contributed by atoms with Crippen LogP contribution in [0.4, 0.5) is 5.13 Å². The summed E-state index contributed by atoms with van der Waals surface area (Å²) in [6.07, 6.45) is 1.71. The van der Waals surface area contributed by atoms with Crippen molar-refractivity contribution in [3.8, 4) is 5.75 Å². The highest BCUT2D eigenvalue weighted by Gasteiger charge is 2.22. The zero-order valence-corrected chi connectivity index (χ0v) is 14.8. The molecule has 0 radical (unpaired) electrons. The van der Waals surface area contributed by atoms with Crippen LogP contribution < -0.4 is 10.9 Å². The number of anilines is 1. The van der Waals surface area contributed by atoms with Crippen molar-refractivity contribution in [2.75, 3.05) is 5.32 Å². The van der Waals surface area contributed by atoms with E-state index in [4.69, 9.17) is 0 Å². The zero-order chi connectivity index (χ0) is 18.0. The topological polar surface area (TPSA) is 97.1 Å². The maximum Gasteiger partial charge on any atom is 0.267 e. The molecular weight excluding hydrogens is 340 g/mol. The van der Waals surface area contributed by atoms with Gasteiger partial charge in [-0.05, 0) is 25.5 Å². The molecule has 0 aliphatic carbocycles. The average molecular weight is 358 g/mol. The number of benzene rings is 1. The summed E-state index contributed by atoms with van der Waals surface area (Å²) in [4.78, 5) is 25.4. The van der Waals surface area contributed by atoms with Crippen molar-refractivity contribution >= 4 is 33.3 Å². The van der Waals surface area contributed by atoms with Crippen LogP contribution in [0.3, 0.4) is 0 Å². The van der Waals surface area contributed by atoms with Crippen LogP contribution >= 0.6 is 11.3 Å². The number of aryl methyl sites for hydroxylation is 2. The highest BCUT2D eigenvalue weighted by Crippen LogP contribution is 2.27. The molecule has 25 heavy (non-hydrogen) atoms. The van der Waals surface area contributed by atoms with Gasteiger partial charge in [-0.25, -0.2) is 0 Å². The number of fused-ring (bicyclic) bond motifs is 1. The molecule has 7 nitrogen and oxygen atoms in total. The summed E-state index contributed by atoms with van der Waals surface area (Å²) in [5.41, 5.74) is -0.173. The third-order valence-corrected chi connectivity index (χ3v) is 4.61. The minimum absolute atomic E-state index is 0.275. The fourth-order valence-corrected chi connectivity index (χ4v) is 3.23. The number of nitrogens with one attached hydrogen (secondary N) is 1. The highest BCUT2D eigenvalue weighted by molar-refractivity contribution is 7.15. The normalized spacial score (nSPS) is 11.0. The molecule has 130 valence electrons. The van der Waals surface area contributed by atoms with Crippen LogP contribution in [-0.2, 0) is 6.54 Å². The number of carbonyl (C=O) groups excluding carboxylic acids is 1. The summed E-state index contributed by atoms with van der Waals surface area (Å²) >= 11 is 1.20. The molecule has 0 aliphatic heterocycles. The molecule has 0 unspecified atom stereocenters. The van der Waals surface area contributed by atoms with Gasteiger partial charge in [-0.2, -0.15) is 0 Å². The van der Waals surface area contributed by atoms with Crippen molar-refractivity contribution in [1.29, 1.82) is 0 Å². The second-order valence-corrected chi connectivity index (χ2v) is 6.81. The number of hydrogen-bond donors (Lipinski definition) is 2. The Morgan fingerprint density at radius 2 is 2.08 bits per heavy atom. The third-order valence-electron chi connectivity index (χ3n) is 3.85. The molecule has 2 N–H and O–H groups in total. The molecule has 1 amide bonds. The van der Waals surface area contributed by atoms with Crippen LogP contribution in [-0.4, -0.2) is 25.8 Å². The maximum absolute atomic E-state index is 12.9. The van der Waals surface area contributed by atoms with E-state index in [9.17, 15) is 14.7 Å². The Morgan fingerprint density at radius 1 is 1.32 bits per heavy atom. The summed E-state index contributed by atoms with van der Waals surface area (Å²) in [5, 5.41) is 22.2. The lowest BCUT2D eigenvalue weighted by Gasteiger charge is -2.14. The van der Waals surface area contributed by atoms with Crippen molar-refractivity contribution < 1.29 is 9.90 Å². The van der Waals surface area contributed by atoms with E-state index < -0.39 is 11.5 Å². The van der Waals surface area contributed by atoms with E-state index in [0.717, 1.165) is 12.8 Å². The predicted molar refractivity (Wildman–Crippen MR) is 97.4 cm³/mol. The Balaban J connectivity index is 2.13. The number of nitrogens with zero attached hydrogens (tertiary/aromatic N) is 3. The van der Waals surface area contributed by atoms with Crippen LogP contribution in [0.15, 0.2) is 29.1 Å². The first-order valence-corrected chi connectivity index (χ1v) is 8.80. The summed E-state index contributed by atoms with van der Waals surface area (Å²) in [5.74, 6) is -0.998. The molecule has 3 aromatic rings. The molecule has 0 saturated heterocycles. The molecule has 2 heterocycles. The van der Waals surface area contributed by atoms with Crippen molar-refractivity contribution in [2.24, 2.45) is 0 Å². The van der Waals surface area contributed by atoms with Crippen molar-refractivity contribution in [3.05, 3.63) is 45.2 Å². The van der Waals surface area contributed by atoms with Crippen molar-refractivity contribution in [2.45, 2.75) is 33.2 Å². The number of aromatic hydroxyl groups is 1. The van der Waals surface area contributed by atoms with Gasteiger partial charge >= 0.3 is 0 Å². The summed E-state index contributed by atoms with van der Waals surface area (Å²) in [6.45, 7) is 4.27. The lowest BCUT2D eigenvalue weighted by Crippen LogP contribution is -2.30. The first kappa shape index (κ1) is 17.1. The Kier molecular flexibility index (Phi) is 4.80. The number of rotatable bonds is 5. The van der Waals surface area contributed by atoms with Gasteiger partial charge in [-0.3, -0.25) is 14.9 Å². The molecular formula is C17H18N4O3S. The fourth-order valence-electron chi connectivity index (χ4n) is 2.64. The molecule has 1 aromatic carbocycles. The van der Waals surface area contributed by atoms with Crippen LogP contribution in [0.1, 0.15) is 35.1 Å². The first-order valence-electron chi connectivity index (χ1n) is 7.99. The number of para-hydroxylation sites is 1. The minimum Gasteiger partial charge on any atom is -0.506 e. The van der Waals surface area contributed by atoms with Gasteiger partial charge in [0.2, 0.25) is 5.13 Å². The van der Waals surface area contributed by atoms with Gasteiger partial charge in [0.1, 0.15) is 16.3 Å². The SMILES string of the molecule is CCCCn1c(=O)c(C(=O)Nc2nnc(C)s2)c(O)c2ccccc21. The van der Waals surface area contributed by atoms with Gasteiger partial charge in [0.15, 0.2) is 0 Å². The third kappa shape index (κ3) is 3.25. The van der Waals surface area contributed by atoms with E-state index >= 15 is 0 Å². The van der Waals surface area contributed by atoms with Crippen LogP contribution in [0, 0.1) is 6.92 Å². The van der Waals surface area contributed by atoms with E-state index in [1.54, 1.807) is 35.8 Å². The second kappa shape index (κ2) is 7.02. The Morgan fingerprint density at radius 3 is 2.76 bits per heavy atom. The smallest absolute Gasteiger partial charge is 0.267 e. The quantitative estimate of drug-likeness (QED) is 0.731. The molecule has 3 rings (SSSR count). The van der Waals surface area contributed by atoms with Gasteiger partial charge in [-0.15, -0.1) is 10.2 Å². The molecule has 0 aliphatic rings. The van der Waals surface area contributed by atoms with Gasteiger partial charge in [0.25, 0.3) is 11.5 Å². The van der Waals surface area contributed by atoms with Gasteiger partial charge in [-0.1, -0.05) is 36.8 Å². The maximum atomic E-state index is 12.9. The number of amides is 1. The van der Waals surface area contributed by atoms with Crippen LogP contribution in [0.25, 0.3) is 10.9 Å². The number of aromatic nitrogens is 3. The van der Waals surface area contributed by atoms with E-state index in [1.807, 2.05) is 6.92 Å². The van der Waals surface area contributed by atoms with Gasteiger partial charge in [0.05, 0.1) is 5.52 Å². The minimum atomic E-state index is -0.686. The summed E-state index contributed by atoms with van der Waals surface area (Å²) in [7, 11) is 0. The van der Waals surface area contributed by atoms with E-state index in [0.29, 0.717) is 22.5 Å². The van der Waals surface area contributed by atoms with Gasteiger partial charge in [0, 0.05) is 11.9 Å². The molecule has 0 fully saturated rings. The Bertz CT molecular complexity index is 993. The highest BCUT2D eigenvalue weighted by atomic mass is 32.1. The summed E-state index contributed by atoms with van der Waals surface area (Å²) < 4.78 is 1.54. The zero-order valence-electron chi connectivity index (χ0n) is 13.9. The second-order valence-electron chi connectivity index (χ2n) is 5.63. The summed E-state index contributed by atoms with van der Waals surface area (Å²) in [6, 6.07) is 7.01. The number of carbonyl (C=O) groups is 1. The molecule has 2 aromatic heterocycles. The van der Waals surface area contributed by atoms with Crippen LogP contribution in [0.2, 0.25) is 0 Å². The standard InChI is InChI=1S/C17H18N4O3S/c1-3-4-9-21-12-8-6-5-7-11(12)14(22)13(16(21)24)15(23)18-17-20-19-10(2)25-17/h5-8,22H,3-4,9H2,1-2H3,(H,18,20,23). The monoisotopic (exact) mass is 358 g/mol. The number of hydrogen-bond acceptors (Lipinski definition) is 6. The number of pyridine rings is 1. The van der Waals surface area contributed by atoms with Crippen LogP contribution in [0.5, 0.6) is 5.75 Å². The molecule has 0 atom stereocenters. The molecule has 0 bridgehead atoms. The average Bonchev–Trinajstić information content (AvgIpc) is 3.00. The molecule has 0 spiro atoms.